The number of aromatic nitrogens is 2. The van der Waals surface area contributed by atoms with E-state index < -0.39 is 0 Å². The summed E-state index contributed by atoms with van der Waals surface area (Å²) in [6.07, 6.45) is 0. The second-order valence-electron chi connectivity index (χ2n) is 5.82. The smallest absolute Gasteiger partial charge is 0.160 e. The van der Waals surface area contributed by atoms with Crippen LogP contribution in [-0.4, -0.2) is 17.8 Å². The molecule has 0 aliphatic rings. The van der Waals surface area contributed by atoms with E-state index in [9.17, 15) is 0 Å². The summed E-state index contributed by atoms with van der Waals surface area (Å²) in [5.74, 6) is 0.716. The van der Waals surface area contributed by atoms with Crippen LogP contribution < -0.4 is 5.46 Å². The number of nitrogens with zero attached hydrogens (tertiary/aromatic N) is 2. The van der Waals surface area contributed by atoms with E-state index >= 15 is 0 Å². The minimum atomic E-state index is 0.716. The molecule has 2 nitrogen and oxygen atoms in total. The first-order chi connectivity index (χ1) is 12.3. The molecule has 0 unspecified atom stereocenters. The van der Waals surface area contributed by atoms with Crippen molar-refractivity contribution in [3.63, 3.8) is 0 Å². The van der Waals surface area contributed by atoms with Crippen molar-refractivity contribution in [2.45, 2.75) is 0 Å². The van der Waals surface area contributed by atoms with Crippen LogP contribution in [0.1, 0.15) is 0 Å². The van der Waals surface area contributed by atoms with Crippen molar-refractivity contribution in [3.8, 4) is 33.9 Å². The molecule has 4 aromatic rings. The minimum absolute atomic E-state index is 0.716. The molecule has 0 N–H and O–H groups in total. The number of hydrogen-bond acceptors (Lipinski definition) is 2. The van der Waals surface area contributed by atoms with Gasteiger partial charge in [0.2, 0.25) is 0 Å². The highest BCUT2D eigenvalue weighted by molar-refractivity contribution is 6.32. The maximum absolute atomic E-state index is 5.81. The van der Waals surface area contributed by atoms with Gasteiger partial charge in [-0.3, -0.25) is 0 Å². The summed E-state index contributed by atoms with van der Waals surface area (Å²) in [7, 11) is 5.81. The van der Waals surface area contributed by atoms with Crippen molar-refractivity contribution in [3.05, 3.63) is 91.0 Å². The Morgan fingerprint density at radius 3 is 1.56 bits per heavy atom. The molecule has 0 atom stereocenters. The van der Waals surface area contributed by atoms with Gasteiger partial charge in [-0.15, -0.1) is 0 Å². The van der Waals surface area contributed by atoms with Crippen LogP contribution in [0.2, 0.25) is 0 Å². The molecule has 0 spiro atoms. The van der Waals surface area contributed by atoms with E-state index in [2.05, 4.69) is 12.1 Å². The quantitative estimate of drug-likeness (QED) is 0.527. The van der Waals surface area contributed by atoms with Gasteiger partial charge in [-0.2, -0.15) is 0 Å². The van der Waals surface area contributed by atoms with Gasteiger partial charge < -0.3 is 0 Å². The Labute approximate surface area is 148 Å². The zero-order valence-electron chi connectivity index (χ0n) is 13.6. The van der Waals surface area contributed by atoms with E-state index in [0.29, 0.717) is 5.82 Å². The molecule has 0 fully saturated rings. The van der Waals surface area contributed by atoms with Gasteiger partial charge in [0.1, 0.15) is 7.85 Å². The van der Waals surface area contributed by atoms with E-state index in [4.69, 9.17) is 17.8 Å². The van der Waals surface area contributed by atoms with Crippen LogP contribution in [0, 0.1) is 0 Å². The lowest BCUT2D eigenvalue weighted by atomic mass is 9.94. The first-order valence-corrected chi connectivity index (χ1v) is 8.15. The van der Waals surface area contributed by atoms with Gasteiger partial charge in [0.05, 0.1) is 11.4 Å². The van der Waals surface area contributed by atoms with Gasteiger partial charge in [0.25, 0.3) is 0 Å². The molecule has 0 aliphatic heterocycles. The molecule has 2 radical (unpaired) electrons. The number of hydrogen-bond donors (Lipinski definition) is 0. The predicted octanol–water partition coefficient (Wildman–Crippen LogP) is 4.27. The van der Waals surface area contributed by atoms with E-state index in [-0.39, 0.29) is 0 Å². The van der Waals surface area contributed by atoms with Gasteiger partial charge >= 0.3 is 0 Å². The van der Waals surface area contributed by atoms with Gasteiger partial charge in [-0.1, -0.05) is 90.4 Å². The molecule has 0 bridgehead atoms. The lowest BCUT2D eigenvalue weighted by molar-refractivity contribution is 1.18. The Hall–Kier alpha value is -3.20. The maximum Gasteiger partial charge on any atom is 0.160 e. The van der Waals surface area contributed by atoms with Crippen LogP contribution in [-0.2, 0) is 0 Å². The third-order valence-corrected chi connectivity index (χ3v) is 4.03. The fourth-order valence-corrected chi connectivity index (χ4v) is 2.72. The summed E-state index contributed by atoms with van der Waals surface area (Å²) in [6.45, 7) is 0. The highest BCUT2D eigenvalue weighted by Crippen LogP contribution is 2.26. The lowest BCUT2D eigenvalue weighted by Crippen LogP contribution is -2.00. The molecule has 0 aliphatic carbocycles. The van der Waals surface area contributed by atoms with Crippen molar-refractivity contribution in [2.75, 3.05) is 0 Å². The molecule has 4 rings (SSSR count). The van der Waals surface area contributed by atoms with E-state index in [1.807, 2.05) is 78.9 Å². The Kier molecular flexibility index (Phi) is 4.13. The molecule has 116 valence electrons. The van der Waals surface area contributed by atoms with Gasteiger partial charge in [0.15, 0.2) is 5.82 Å². The standard InChI is InChI=1S/C22H15BN2/c23-19-13-11-17(12-14-19)21-15-20(16-7-3-1-4-8-16)24-22(25-21)18-9-5-2-6-10-18/h1-15H. The van der Waals surface area contributed by atoms with Crippen molar-refractivity contribution in [1.29, 1.82) is 0 Å². The predicted molar refractivity (Wildman–Crippen MR) is 104 cm³/mol. The average Bonchev–Trinajstić information content (AvgIpc) is 2.69. The molecule has 0 saturated heterocycles. The van der Waals surface area contributed by atoms with Crippen molar-refractivity contribution in [2.24, 2.45) is 0 Å². The van der Waals surface area contributed by atoms with Crippen molar-refractivity contribution < 1.29 is 0 Å². The summed E-state index contributed by atoms with van der Waals surface area (Å²) in [4.78, 5) is 9.56. The van der Waals surface area contributed by atoms with Crippen molar-refractivity contribution in [1.82, 2.24) is 9.97 Å². The lowest BCUT2D eigenvalue weighted by Gasteiger charge is -2.09. The highest BCUT2D eigenvalue weighted by Gasteiger charge is 2.10. The van der Waals surface area contributed by atoms with Crippen LogP contribution in [0.25, 0.3) is 33.9 Å². The maximum atomic E-state index is 5.81. The third-order valence-electron chi connectivity index (χ3n) is 4.03. The molecule has 3 aromatic carbocycles. The topological polar surface area (TPSA) is 25.8 Å². The monoisotopic (exact) mass is 318 g/mol. The van der Waals surface area contributed by atoms with Gasteiger partial charge in [-0.25, -0.2) is 9.97 Å². The second kappa shape index (κ2) is 6.74. The largest absolute Gasteiger partial charge is 0.228 e. The molecular weight excluding hydrogens is 303 g/mol. The highest BCUT2D eigenvalue weighted by atomic mass is 14.9. The fourth-order valence-electron chi connectivity index (χ4n) is 2.72. The first kappa shape index (κ1) is 15.3. The zero-order valence-corrected chi connectivity index (χ0v) is 13.6. The average molecular weight is 318 g/mol. The van der Waals surface area contributed by atoms with Crippen LogP contribution in [0.5, 0.6) is 0 Å². The second-order valence-corrected chi connectivity index (χ2v) is 5.82. The normalized spacial score (nSPS) is 10.6. The Morgan fingerprint density at radius 2 is 1.00 bits per heavy atom. The summed E-state index contributed by atoms with van der Waals surface area (Å²) >= 11 is 0. The fraction of sp³-hybridized carbons (Fsp3) is 0. The molecule has 25 heavy (non-hydrogen) atoms. The Bertz CT molecular complexity index is 924. The molecule has 0 saturated carbocycles. The van der Waals surface area contributed by atoms with E-state index in [0.717, 1.165) is 33.5 Å². The molecule has 3 heteroatoms. The molecule has 1 aromatic heterocycles. The number of benzene rings is 3. The summed E-state index contributed by atoms with van der Waals surface area (Å²) in [5, 5.41) is 0. The third kappa shape index (κ3) is 3.36. The SMILES string of the molecule is [B]c1ccc(-c2cc(-c3ccccc3)nc(-c3ccccc3)n2)cc1. The summed E-state index contributed by atoms with van der Waals surface area (Å²) in [5.41, 5.74) is 5.61. The molecule has 0 amide bonds. The van der Waals surface area contributed by atoms with Crippen LogP contribution >= 0.6 is 0 Å². The Balaban J connectivity index is 1.90. The van der Waals surface area contributed by atoms with Crippen LogP contribution in [0.4, 0.5) is 0 Å². The van der Waals surface area contributed by atoms with Crippen LogP contribution in [0.3, 0.4) is 0 Å². The van der Waals surface area contributed by atoms with Crippen LogP contribution in [0.15, 0.2) is 91.0 Å². The minimum Gasteiger partial charge on any atom is -0.228 e. The zero-order chi connectivity index (χ0) is 17.1. The summed E-state index contributed by atoms with van der Waals surface area (Å²) < 4.78 is 0. The molecule has 1 heterocycles. The van der Waals surface area contributed by atoms with Crippen molar-refractivity contribution >= 4 is 13.3 Å². The van der Waals surface area contributed by atoms with E-state index in [1.165, 1.54) is 0 Å². The van der Waals surface area contributed by atoms with Gasteiger partial charge in [0, 0.05) is 16.7 Å². The first-order valence-electron chi connectivity index (χ1n) is 8.15. The van der Waals surface area contributed by atoms with Gasteiger partial charge in [-0.05, 0) is 6.07 Å². The van der Waals surface area contributed by atoms with E-state index in [1.54, 1.807) is 0 Å². The number of rotatable bonds is 3. The Morgan fingerprint density at radius 1 is 0.520 bits per heavy atom. The summed E-state index contributed by atoms with van der Waals surface area (Å²) in [6, 6.07) is 30.0. The molecular formula is C22H15BN2.